The molecule has 0 aromatic heterocycles. The van der Waals surface area contributed by atoms with Crippen molar-refractivity contribution in [2.75, 3.05) is 0 Å². The Hall–Kier alpha value is -3.35. The number of benzene rings is 2. The summed E-state index contributed by atoms with van der Waals surface area (Å²) in [5, 5.41) is 33.1. The highest BCUT2D eigenvalue weighted by Gasteiger charge is 2.05. The second-order valence-electron chi connectivity index (χ2n) is 4.01. The number of carboxylic acids is 3. The van der Waals surface area contributed by atoms with Crippen molar-refractivity contribution in [3.05, 3.63) is 65.7 Å². The Morgan fingerprint density at radius 2 is 1.17 bits per heavy atom. The Bertz CT molecular complexity index is 646. The first-order chi connectivity index (χ1) is 10.8. The average molecular weight is 320 g/mol. The van der Waals surface area contributed by atoms with E-state index in [9.17, 15) is 9.59 Å². The van der Waals surface area contributed by atoms with Crippen LogP contribution in [-0.2, 0) is 4.79 Å². The summed E-state index contributed by atoms with van der Waals surface area (Å²) >= 11 is 0. The fraction of sp³-hybridized carbons (Fsp3) is 0.0625. The van der Waals surface area contributed by atoms with Gasteiger partial charge in [0, 0.05) is 6.92 Å². The summed E-state index contributed by atoms with van der Waals surface area (Å²) in [7, 11) is 0. The van der Waals surface area contributed by atoms with Crippen LogP contribution in [0.15, 0.2) is 54.6 Å². The molecule has 0 unspecified atom stereocenters. The van der Waals surface area contributed by atoms with Crippen LogP contribution in [0.5, 0.6) is 5.75 Å². The predicted molar refractivity (Wildman–Crippen MR) is 81.8 cm³/mol. The van der Waals surface area contributed by atoms with E-state index in [2.05, 4.69) is 0 Å². The van der Waals surface area contributed by atoms with Crippen molar-refractivity contribution >= 4 is 17.9 Å². The zero-order valence-corrected chi connectivity index (χ0v) is 12.2. The molecule has 122 valence electrons. The van der Waals surface area contributed by atoms with E-state index in [1.165, 1.54) is 12.1 Å². The molecule has 0 fully saturated rings. The molecule has 0 aliphatic carbocycles. The van der Waals surface area contributed by atoms with Crippen LogP contribution in [0.2, 0.25) is 0 Å². The van der Waals surface area contributed by atoms with Gasteiger partial charge in [0.1, 0.15) is 11.3 Å². The smallest absolute Gasteiger partial charge is 0.339 e. The summed E-state index contributed by atoms with van der Waals surface area (Å²) in [6.07, 6.45) is 0. The van der Waals surface area contributed by atoms with Gasteiger partial charge in [0.2, 0.25) is 0 Å². The summed E-state index contributed by atoms with van der Waals surface area (Å²) in [4.78, 5) is 29.5. The SMILES string of the molecule is CC(=O)O.O=C(O)c1ccccc1.O=C(O)c1ccccc1O. The van der Waals surface area contributed by atoms with Crippen molar-refractivity contribution in [1.29, 1.82) is 0 Å². The van der Waals surface area contributed by atoms with E-state index < -0.39 is 17.9 Å². The largest absolute Gasteiger partial charge is 0.507 e. The molecule has 7 nitrogen and oxygen atoms in total. The number of rotatable bonds is 2. The minimum Gasteiger partial charge on any atom is -0.507 e. The van der Waals surface area contributed by atoms with Gasteiger partial charge in [-0.15, -0.1) is 0 Å². The van der Waals surface area contributed by atoms with Crippen LogP contribution in [0.25, 0.3) is 0 Å². The van der Waals surface area contributed by atoms with Crippen molar-refractivity contribution in [3.8, 4) is 5.75 Å². The number of aliphatic carboxylic acids is 1. The monoisotopic (exact) mass is 320 g/mol. The molecular formula is C16H16O7. The summed E-state index contributed by atoms with van der Waals surface area (Å²) in [5.41, 5.74) is 0.264. The van der Waals surface area contributed by atoms with Crippen molar-refractivity contribution < 1.29 is 34.8 Å². The van der Waals surface area contributed by atoms with E-state index in [0.29, 0.717) is 5.56 Å². The number of hydrogen-bond acceptors (Lipinski definition) is 4. The van der Waals surface area contributed by atoms with Crippen molar-refractivity contribution in [2.45, 2.75) is 6.92 Å². The quantitative estimate of drug-likeness (QED) is 0.668. The Labute approximate surface area is 132 Å². The van der Waals surface area contributed by atoms with Gasteiger partial charge in [0.05, 0.1) is 5.56 Å². The minimum atomic E-state index is -1.11. The molecule has 0 radical (unpaired) electrons. The van der Waals surface area contributed by atoms with E-state index in [1.54, 1.807) is 42.5 Å². The summed E-state index contributed by atoms with van der Waals surface area (Å²) in [6.45, 7) is 1.08. The first-order valence-electron chi connectivity index (χ1n) is 6.24. The van der Waals surface area contributed by atoms with Crippen LogP contribution in [0, 0.1) is 0 Å². The van der Waals surface area contributed by atoms with Gasteiger partial charge in [-0.3, -0.25) is 4.79 Å². The molecular weight excluding hydrogens is 304 g/mol. The third-order valence-electron chi connectivity index (χ3n) is 2.16. The lowest BCUT2D eigenvalue weighted by Crippen LogP contribution is -1.95. The number of phenols is 1. The van der Waals surface area contributed by atoms with Gasteiger partial charge in [0.15, 0.2) is 0 Å². The molecule has 0 spiro atoms. The standard InChI is InChI=1S/C7H6O3.C7H6O2.C2H4O2/c8-6-4-2-1-3-5(6)7(9)10;8-7(9)6-4-2-1-3-5-6;1-2(3)4/h1-4,8H,(H,9,10);1-5H,(H,8,9);1H3,(H,3,4). The molecule has 0 saturated carbocycles. The zero-order valence-electron chi connectivity index (χ0n) is 12.2. The van der Waals surface area contributed by atoms with Crippen LogP contribution >= 0.6 is 0 Å². The van der Waals surface area contributed by atoms with Crippen LogP contribution in [0.3, 0.4) is 0 Å². The number of aromatic hydroxyl groups is 1. The zero-order chi connectivity index (χ0) is 17.8. The summed E-state index contributed by atoms with van der Waals surface area (Å²) in [5.74, 6) is -3.02. The fourth-order valence-corrected chi connectivity index (χ4v) is 1.24. The van der Waals surface area contributed by atoms with Crippen molar-refractivity contribution in [1.82, 2.24) is 0 Å². The molecule has 0 atom stereocenters. The summed E-state index contributed by atoms with van der Waals surface area (Å²) in [6, 6.07) is 14.1. The van der Waals surface area contributed by atoms with Gasteiger partial charge >= 0.3 is 11.9 Å². The maximum absolute atomic E-state index is 10.3. The number of carbonyl (C=O) groups is 3. The molecule has 0 amide bonds. The highest BCUT2D eigenvalue weighted by atomic mass is 16.4. The van der Waals surface area contributed by atoms with E-state index >= 15 is 0 Å². The molecule has 0 bridgehead atoms. The second-order valence-corrected chi connectivity index (χ2v) is 4.01. The molecule has 2 aromatic rings. The highest BCUT2D eigenvalue weighted by molar-refractivity contribution is 5.90. The van der Waals surface area contributed by atoms with Gasteiger partial charge in [-0.05, 0) is 24.3 Å². The van der Waals surface area contributed by atoms with E-state index in [1.807, 2.05) is 0 Å². The van der Waals surface area contributed by atoms with Crippen LogP contribution in [0.4, 0.5) is 0 Å². The van der Waals surface area contributed by atoms with E-state index in [0.717, 1.165) is 6.92 Å². The Kier molecular flexibility index (Phi) is 8.87. The Morgan fingerprint density at radius 1 is 0.739 bits per heavy atom. The topological polar surface area (TPSA) is 132 Å². The molecule has 0 aliphatic rings. The Morgan fingerprint density at radius 3 is 1.48 bits per heavy atom. The molecule has 23 heavy (non-hydrogen) atoms. The number of aromatic carboxylic acids is 2. The lowest BCUT2D eigenvalue weighted by Gasteiger charge is -1.95. The third-order valence-corrected chi connectivity index (χ3v) is 2.16. The molecule has 2 aromatic carbocycles. The van der Waals surface area contributed by atoms with Crippen LogP contribution in [-0.4, -0.2) is 38.3 Å². The third kappa shape index (κ3) is 9.24. The number of carboxylic acid groups (broad SMARTS) is 3. The van der Waals surface area contributed by atoms with Gasteiger partial charge in [-0.2, -0.15) is 0 Å². The highest BCUT2D eigenvalue weighted by Crippen LogP contribution is 2.14. The lowest BCUT2D eigenvalue weighted by molar-refractivity contribution is -0.134. The molecule has 7 heteroatoms. The van der Waals surface area contributed by atoms with E-state index in [4.69, 9.17) is 25.2 Å². The van der Waals surface area contributed by atoms with E-state index in [-0.39, 0.29) is 11.3 Å². The molecule has 0 saturated heterocycles. The molecule has 0 heterocycles. The molecule has 2 rings (SSSR count). The normalized spacial score (nSPS) is 8.57. The molecule has 0 aliphatic heterocycles. The Balaban J connectivity index is 0.000000345. The maximum atomic E-state index is 10.3. The average Bonchev–Trinajstić information content (AvgIpc) is 2.48. The number of para-hydroxylation sites is 1. The predicted octanol–water partition coefficient (Wildman–Crippen LogP) is 2.57. The van der Waals surface area contributed by atoms with Crippen molar-refractivity contribution in [2.24, 2.45) is 0 Å². The maximum Gasteiger partial charge on any atom is 0.339 e. The first kappa shape index (κ1) is 19.7. The minimum absolute atomic E-state index is 0.0671. The lowest BCUT2D eigenvalue weighted by atomic mass is 10.2. The number of hydrogen-bond donors (Lipinski definition) is 4. The van der Waals surface area contributed by atoms with Crippen LogP contribution < -0.4 is 0 Å². The van der Waals surface area contributed by atoms with Gasteiger partial charge in [0.25, 0.3) is 5.97 Å². The van der Waals surface area contributed by atoms with Gasteiger partial charge in [-0.1, -0.05) is 30.3 Å². The first-order valence-corrected chi connectivity index (χ1v) is 6.24. The molecule has 4 N–H and O–H groups in total. The van der Waals surface area contributed by atoms with Gasteiger partial charge in [-0.25, -0.2) is 9.59 Å². The fourth-order valence-electron chi connectivity index (χ4n) is 1.24. The van der Waals surface area contributed by atoms with Crippen molar-refractivity contribution in [3.63, 3.8) is 0 Å². The summed E-state index contributed by atoms with van der Waals surface area (Å²) < 4.78 is 0. The van der Waals surface area contributed by atoms with Crippen LogP contribution in [0.1, 0.15) is 27.6 Å². The second kappa shape index (κ2) is 10.4. The van der Waals surface area contributed by atoms with Gasteiger partial charge < -0.3 is 20.4 Å².